The minimum absolute atomic E-state index is 0.0937. The second-order valence-electron chi connectivity index (χ2n) is 2.96. The molecule has 0 aliphatic carbocycles. The second-order valence-corrected chi connectivity index (χ2v) is 4.51. The van der Waals surface area contributed by atoms with Crippen LogP contribution in [0.2, 0.25) is 0 Å². The maximum absolute atomic E-state index is 12.7. The highest BCUT2D eigenvalue weighted by atomic mass is 79.9. The van der Waals surface area contributed by atoms with Gasteiger partial charge in [0.1, 0.15) is 5.82 Å². The van der Waals surface area contributed by atoms with E-state index in [1.807, 2.05) is 0 Å². The van der Waals surface area contributed by atoms with Crippen LogP contribution in [0.15, 0.2) is 29.1 Å². The van der Waals surface area contributed by atoms with Crippen LogP contribution in [-0.4, -0.2) is 4.98 Å². The summed E-state index contributed by atoms with van der Waals surface area (Å²) in [5, 5.41) is 0.582. The van der Waals surface area contributed by atoms with Crippen molar-refractivity contribution in [2.75, 3.05) is 0 Å². The van der Waals surface area contributed by atoms with Crippen LogP contribution in [0, 0.1) is 5.82 Å². The number of aromatic amines is 1. The van der Waals surface area contributed by atoms with E-state index in [1.165, 1.54) is 12.1 Å². The standard InChI is InChI=1S/C10H7BrFNOS/c11-5-8-9(15-10(14)13-8)6-1-3-7(12)4-2-6/h1-4H,5H2,(H,13,14). The Balaban J connectivity index is 2.53. The van der Waals surface area contributed by atoms with Crippen molar-refractivity contribution in [3.63, 3.8) is 0 Å². The molecule has 0 aliphatic heterocycles. The number of hydrogen-bond acceptors (Lipinski definition) is 2. The van der Waals surface area contributed by atoms with Gasteiger partial charge in [-0.1, -0.05) is 39.4 Å². The van der Waals surface area contributed by atoms with Crippen molar-refractivity contribution in [2.45, 2.75) is 5.33 Å². The van der Waals surface area contributed by atoms with Gasteiger partial charge in [0.25, 0.3) is 0 Å². The Labute approximate surface area is 97.9 Å². The van der Waals surface area contributed by atoms with Crippen molar-refractivity contribution in [3.8, 4) is 10.4 Å². The molecule has 2 nitrogen and oxygen atoms in total. The van der Waals surface area contributed by atoms with Gasteiger partial charge in [0.2, 0.25) is 0 Å². The van der Waals surface area contributed by atoms with E-state index in [9.17, 15) is 9.18 Å². The van der Waals surface area contributed by atoms with Crippen molar-refractivity contribution in [3.05, 3.63) is 45.4 Å². The fourth-order valence-corrected chi connectivity index (χ4v) is 2.75. The third kappa shape index (κ3) is 2.18. The number of thiazole rings is 1. The first kappa shape index (κ1) is 10.6. The van der Waals surface area contributed by atoms with Crippen LogP contribution in [0.25, 0.3) is 10.4 Å². The number of hydrogen-bond donors (Lipinski definition) is 1. The number of halogens is 2. The molecule has 0 bridgehead atoms. The number of aromatic nitrogens is 1. The average Bonchev–Trinajstić information content (AvgIpc) is 2.61. The molecule has 0 saturated carbocycles. The Hall–Kier alpha value is -0.940. The summed E-state index contributed by atoms with van der Waals surface area (Å²) >= 11 is 4.43. The number of rotatable bonds is 2. The summed E-state index contributed by atoms with van der Waals surface area (Å²) in [5.41, 5.74) is 1.69. The fraction of sp³-hybridized carbons (Fsp3) is 0.100. The molecule has 0 unspecified atom stereocenters. The lowest BCUT2D eigenvalue weighted by Crippen LogP contribution is -1.92. The molecule has 2 rings (SSSR count). The smallest absolute Gasteiger partial charge is 0.305 e. The highest BCUT2D eigenvalue weighted by Gasteiger charge is 2.08. The Kier molecular flexibility index (Phi) is 3.02. The summed E-state index contributed by atoms with van der Waals surface area (Å²) in [7, 11) is 0. The molecule has 0 spiro atoms. The van der Waals surface area contributed by atoms with Crippen LogP contribution in [-0.2, 0) is 5.33 Å². The molecule has 0 aliphatic rings. The molecule has 1 N–H and O–H groups in total. The number of nitrogens with one attached hydrogen (secondary N) is 1. The van der Waals surface area contributed by atoms with Gasteiger partial charge in [0, 0.05) is 11.0 Å². The van der Waals surface area contributed by atoms with E-state index in [4.69, 9.17) is 0 Å². The quantitative estimate of drug-likeness (QED) is 0.846. The van der Waals surface area contributed by atoms with Crippen LogP contribution in [0.4, 0.5) is 4.39 Å². The SMILES string of the molecule is O=c1[nH]c(CBr)c(-c2ccc(F)cc2)s1. The Morgan fingerprint density at radius 3 is 2.60 bits per heavy atom. The van der Waals surface area contributed by atoms with Gasteiger partial charge in [-0.2, -0.15) is 0 Å². The Morgan fingerprint density at radius 1 is 1.33 bits per heavy atom. The fourth-order valence-electron chi connectivity index (χ4n) is 1.29. The molecule has 0 fully saturated rings. The van der Waals surface area contributed by atoms with E-state index < -0.39 is 0 Å². The molecule has 5 heteroatoms. The average molecular weight is 288 g/mol. The molecule has 15 heavy (non-hydrogen) atoms. The topological polar surface area (TPSA) is 32.9 Å². The number of alkyl halides is 1. The van der Waals surface area contributed by atoms with Gasteiger partial charge < -0.3 is 4.98 Å². The van der Waals surface area contributed by atoms with Crippen LogP contribution in [0.1, 0.15) is 5.69 Å². The highest BCUT2D eigenvalue weighted by molar-refractivity contribution is 9.08. The first-order valence-electron chi connectivity index (χ1n) is 4.24. The summed E-state index contributed by atoms with van der Waals surface area (Å²) in [4.78, 5) is 14.7. The normalized spacial score (nSPS) is 10.5. The van der Waals surface area contributed by atoms with Crippen LogP contribution in [0.3, 0.4) is 0 Å². The third-order valence-electron chi connectivity index (χ3n) is 1.96. The predicted molar refractivity (Wildman–Crippen MR) is 63.0 cm³/mol. The van der Waals surface area contributed by atoms with Crippen molar-refractivity contribution in [1.29, 1.82) is 0 Å². The molecular formula is C10H7BrFNOS. The van der Waals surface area contributed by atoms with Crippen LogP contribution in [0.5, 0.6) is 0 Å². The summed E-state index contributed by atoms with van der Waals surface area (Å²) in [6, 6.07) is 6.11. The van der Waals surface area contributed by atoms with Gasteiger partial charge >= 0.3 is 4.87 Å². The molecule has 1 aromatic carbocycles. The second kappa shape index (κ2) is 4.28. The molecule has 0 saturated heterocycles. The summed E-state index contributed by atoms with van der Waals surface area (Å²) in [6.07, 6.45) is 0. The summed E-state index contributed by atoms with van der Waals surface area (Å²) in [6.45, 7) is 0. The van der Waals surface area contributed by atoms with Gasteiger partial charge in [-0.3, -0.25) is 4.79 Å². The summed E-state index contributed by atoms with van der Waals surface area (Å²) < 4.78 is 12.7. The van der Waals surface area contributed by atoms with Gasteiger partial charge in [-0.15, -0.1) is 0 Å². The minimum Gasteiger partial charge on any atom is -0.315 e. The van der Waals surface area contributed by atoms with Crippen molar-refractivity contribution >= 4 is 27.3 Å². The molecule has 0 amide bonds. The molecule has 0 atom stereocenters. The van der Waals surface area contributed by atoms with Crippen LogP contribution < -0.4 is 4.87 Å². The Bertz CT molecular complexity index is 517. The van der Waals surface area contributed by atoms with E-state index in [0.29, 0.717) is 5.33 Å². The van der Waals surface area contributed by atoms with E-state index in [-0.39, 0.29) is 10.7 Å². The molecule has 1 aromatic heterocycles. The lowest BCUT2D eigenvalue weighted by atomic mass is 10.1. The highest BCUT2D eigenvalue weighted by Crippen LogP contribution is 2.26. The Morgan fingerprint density at radius 2 is 2.00 bits per heavy atom. The molecule has 2 aromatic rings. The van der Waals surface area contributed by atoms with Crippen molar-refractivity contribution in [2.24, 2.45) is 0 Å². The zero-order chi connectivity index (χ0) is 10.8. The van der Waals surface area contributed by atoms with E-state index >= 15 is 0 Å². The van der Waals surface area contributed by atoms with Gasteiger partial charge in [-0.05, 0) is 17.7 Å². The first-order valence-corrected chi connectivity index (χ1v) is 6.18. The van der Waals surface area contributed by atoms with Crippen molar-refractivity contribution in [1.82, 2.24) is 4.98 Å². The zero-order valence-corrected chi connectivity index (χ0v) is 9.99. The van der Waals surface area contributed by atoms with Crippen molar-refractivity contribution < 1.29 is 4.39 Å². The maximum atomic E-state index is 12.7. The maximum Gasteiger partial charge on any atom is 0.305 e. The number of H-pyrrole nitrogens is 1. The van der Waals surface area contributed by atoms with Gasteiger partial charge in [0.05, 0.1) is 4.88 Å². The molecule has 78 valence electrons. The van der Waals surface area contributed by atoms with Gasteiger partial charge in [-0.25, -0.2) is 4.39 Å². The zero-order valence-electron chi connectivity index (χ0n) is 7.59. The third-order valence-corrected chi connectivity index (χ3v) is 3.50. The van der Waals surface area contributed by atoms with E-state index in [1.54, 1.807) is 12.1 Å². The lowest BCUT2D eigenvalue weighted by Gasteiger charge is -1.99. The van der Waals surface area contributed by atoms with E-state index in [0.717, 1.165) is 27.5 Å². The predicted octanol–water partition coefficient (Wildman–Crippen LogP) is 3.14. The van der Waals surface area contributed by atoms with E-state index in [2.05, 4.69) is 20.9 Å². The monoisotopic (exact) mass is 287 g/mol. The largest absolute Gasteiger partial charge is 0.315 e. The molecular weight excluding hydrogens is 281 g/mol. The molecule has 1 heterocycles. The number of benzene rings is 1. The minimum atomic E-state index is -0.276. The first-order chi connectivity index (χ1) is 7.20. The van der Waals surface area contributed by atoms with Gasteiger partial charge in [0.15, 0.2) is 0 Å². The molecule has 0 radical (unpaired) electrons. The lowest BCUT2D eigenvalue weighted by molar-refractivity contribution is 0.628. The summed E-state index contributed by atoms with van der Waals surface area (Å²) in [5.74, 6) is -0.276. The van der Waals surface area contributed by atoms with Crippen LogP contribution >= 0.6 is 27.3 Å².